The van der Waals surface area contributed by atoms with Gasteiger partial charge in [0.25, 0.3) is 10.0 Å². The largest absolute Gasteiger partial charge is 0.354 e. The van der Waals surface area contributed by atoms with E-state index in [1.807, 2.05) is 48.5 Å². The SMILES string of the molecule is O=S(=O)(Nc1ccccc1-c1cc2ccccc2[nH]1)c1cccc(Br)c1. The van der Waals surface area contributed by atoms with E-state index in [0.29, 0.717) is 10.2 Å². The van der Waals surface area contributed by atoms with Crippen LogP contribution in [0.4, 0.5) is 5.69 Å². The van der Waals surface area contributed by atoms with Crippen LogP contribution in [0.2, 0.25) is 0 Å². The fraction of sp³-hybridized carbons (Fsp3) is 0. The first-order valence-corrected chi connectivity index (χ1v) is 10.3. The lowest BCUT2D eigenvalue weighted by molar-refractivity contribution is 0.601. The van der Waals surface area contributed by atoms with E-state index in [1.54, 1.807) is 30.3 Å². The van der Waals surface area contributed by atoms with Gasteiger partial charge >= 0.3 is 0 Å². The van der Waals surface area contributed by atoms with Crippen LogP contribution in [0.5, 0.6) is 0 Å². The molecule has 2 N–H and O–H groups in total. The van der Waals surface area contributed by atoms with Crippen LogP contribution in [0.15, 0.2) is 88.2 Å². The van der Waals surface area contributed by atoms with Gasteiger partial charge in [-0.2, -0.15) is 0 Å². The molecule has 6 heteroatoms. The van der Waals surface area contributed by atoms with E-state index in [0.717, 1.165) is 22.2 Å². The third-order valence-electron chi connectivity index (χ3n) is 4.10. The number of anilines is 1. The highest BCUT2D eigenvalue weighted by molar-refractivity contribution is 9.10. The first-order chi connectivity index (χ1) is 12.5. The quantitative estimate of drug-likeness (QED) is 0.458. The van der Waals surface area contributed by atoms with Crippen molar-refractivity contribution in [3.8, 4) is 11.3 Å². The number of hydrogen-bond donors (Lipinski definition) is 2. The molecule has 0 spiro atoms. The van der Waals surface area contributed by atoms with E-state index in [9.17, 15) is 8.42 Å². The summed E-state index contributed by atoms with van der Waals surface area (Å²) in [6.45, 7) is 0. The minimum Gasteiger partial charge on any atom is -0.354 e. The number of hydrogen-bond acceptors (Lipinski definition) is 2. The topological polar surface area (TPSA) is 62.0 Å². The number of nitrogens with one attached hydrogen (secondary N) is 2. The van der Waals surface area contributed by atoms with Crippen molar-refractivity contribution in [2.24, 2.45) is 0 Å². The maximum absolute atomic E-state index is 12.8. The molecule has 0 aliphatic carbocycles. The fourth-order valence-electron chi connectivity index (χ4n) is 2.86. The van der Waals surface area contributed by atoms with Crippen LogP contribution in [-0.2, 0) is 10.0 Å². The first-order valence-electron chi connectivity index (χ1n) is 7.98. The molecule has 0 aliphatic rings. The molecule has 26 heavy (non-hydrogen) atoms. The van der Waals surface area contributed by atoms with Crippen molar-refractivity contribution in [2.75, 3.05) is 4.72 Å². The third-order valence-corrected chi connectivity index (χ3v) is 5.95. The lowest BCUT2D eigenvalue weighted by atomic mass is 10.1. The standard InChI is InChI=1S/C20H15BrN2O2S/c21-15-7-5-8-16(13-15)26(24,25)23-19-11-4-2-9-17(19)20-12-14-6-1-3-10-18(14)22-20/h1-13,22-23H. The molecule has 0 radical (unpaired) electrons. The Labute approximate surface area is 160 Å². The summed E-state index contributed by atoms with van der Waals surface area (Å²) in [5.74, 6) is 0. The van der Waals surface area contributed by atoms with Gasteiger partial charge in [-0.1, -0.05) is 58.4 Å². The number of rotatable bonds is 4. The van der Waals surface area contributed by atoms with Gasteiger partial charge < -0.3 is 4.98 Å². The molecule has 0 aliphatic heterocycles. The molecule has 0 fully saturated rings. The average Bonchev–Trinajstić information content (AvgIpc) is 3.06. The minimum atomic E-state index is -3.69. The van der Waals surface area contributed by atoms with E-state index >= 15 is 0 Å². The summed E-state index contributed by atoms with van der Waals surface area (Å²) in [6, 6.07) is 23.9. The van der Waals surface area contributed by atoms with Crippen molar-refractivity contribution < 1.29 is 8.42 Å². The number of sulfonamides is 1. The second-order valence-corrected chi connectivity index (χ2v) is 8.48. The van der Waals surface area contributed by atoms with Gasteiger partial charge in [-0.15, -0.1) is 0 Å². The van der Waals surface area contributed by atoms with Crippen LogP contribution in [0.25, 0.3) is 22.2 Å². The molecular weight excluding hydrogens is 412 g/mol. The highest BCUT2D eigenvalue weighted by Crippen LogP contribution is 2.31. The van der Waals surface area contributed by atoms with Crippen molar-refractivity contribution in [3.63, 3.8) is 0 Å². The van der Waals surface area contributed by atoms with Gasteiger partial charge in [0.1, 0.15) is 0 Å². The van der Waals surface area contributed by atoms with E-state index in [1.165, 1.54) is 0 Å². The Morgan fingerprint density at radius 2 is 1.62 bits per heavy atom. The van der Waals surface area contributed by atoms with Crippen LogP contribution in [0.1, 0.15) is 0 Å². The van der Waals surface area contributed by atoms with Gasteiger partial charge in [-0.25, -0.2) is 8.42 Å². The monoisotopic (exact) mass is 426 g/mol. The van der Waals surface area contributed by atoms with E-state index in [-0.39, 0.29) is 4.90 Å². The molecule has 1 heterocycles. The number of benzene rings is 3. The zero-order valence-corrected chi connectivity index (χ0v) is 16.0. The zero-order chi connectivity index (χ0) is 18.1. The molecular formula is C20H15BrN2O2S. The molecule has 0 atom stereocenters. The van der Waals surface area contributed by atoms with E-state index < -0.39 is 10.0 Å². The highest BCUT2D eigenvalue weighted by atomic mass is 79.9. The van der Waals surface area contributed by atoms with Gasteiger partial charge in [0.15, 0.2) is 0 Å². The molecule has 1 aromatic heterocycles. The molecule has 4 nitrogen and oxygen atoms in total. The number of halogens is 1. The smallest absolute Gasteiger partial charge is 0.261 e. The number of para-hydroxylation sites is 2. The van der Waals surface area contributed by atoms with Gasteiger partial charge in [-0.3, -0.25) is 4.72 Å². The van der Waals surface area contributed by atoms with Crippen molar-refractivity contribution in [1.82, 2.24) is 4.98 Å². The molecule has 0 bridgehead atoms. The second kappa shape index (κ2) is 6.63. The molecule has 4 rings (SSSR count). The van der Waals surface area contributed by atoms with Crippen molar-refractivity contribution in [2.45, 2.75) is 4.90 Å². The Bertz CT molecular complexity index is 1170. The van der Waals surface area contributed by atoms with Gasteiger partial charge in [0, 0.05) is 26.6 Å². The molecule has 3 aromatic carbocycles. The minimum absolute atomic E-state index is 0.207. The van der Waals surface area contributed by atoms with Crippen molar-refractivity contribution in [1.29, 1.82) is 0 Å². The van der Waals surface area contributed by atoms with Crippen molar-refractivity contribution in [3.05, 3.63) is 83.3 Å². The Morgan fingerprint density at radius 3 is 2.42 bits per heavy atom. The average molecular weight is 427 g/mol. The van der Waals surface area contributed by atoms with Gasteiger partial charge in [0.2, 0.25) is 0 Å². The predicted octanol–water partition coefficient (Wildman–Crippen LogP) is 5.40. The summed E-state index contributed by atoms with van der Waals surface area (Å²) in [5, 5.41) is 1.08. The summed E-state index contributed by atoms with van der Waals surface area (Å²) in [4.78, 5) is 3.55. The maximum atomic E-state index is 12.8. The van der Waals surface area contributed by atoms with Gasteiger partial charge in [0.05, 0.1) is 10.6 Å². The van der Waals surface area contributed by atoms with E-state index in [2.05, 4.69) is 25.6 Å². The van der Waals surface area contributed by atoms with Crippen LogP contribution >= 0.6 is 15.9 Å². The molecule has 0 saturated heterocycles. The van der Waals surface area contributed by atoms with Crippen LogP contribution in [0.3, 0.4) is 0 Å². The normalized spacial score (nSPS) is 11.6. The molecule has 0 unspecified atom stereocenters. The maximum Gasteiger partial charge on any atom is 0.261 e. The van der Waals surface area contributed by atoms with E-state index in [4.69, 9.17) is 0 Å². The Hall–Kier alpha value is -2.57. The summed E-state index contributed by atoms with van der Waals surface area (Å²) in [5.41, 5.74) is 3.19. The Morgan fingerprint density at radius 1 is 0.846 bits per heavy atom. The number of fused-ring (bicyclic) bond motifs is 1. The summed E-state index contributed by atoms with van der Waals surface area (Å²) >= 11 is 3.31. The molecule has 0 amide bonds. The predicted molar refractivity (Wildman–Crippen MR) is 109 cm³/mol. The van der Waals surface area contributed by atoms with Crippen LogP contribution in [0, 0.1) is 0 Å². The molecule has 0 saturated carbocycles. The third kappa shape index (κ3) is 3.25. The number of aromatic nitrogens is 1. The molecule has 4 aromatic rings. The summed E-state index contributed by atoms with van der Waals surface area (Å²) in [7, 11) is -3.69. The van der Waals surface area contributed by atoms with Crippen LogP contribution < -0.4 is 4.72 Å². The highest BCUT2D eigenvalue weighted by Gasteiger charge is 2.17. The summed E-state index contributed by atoms with van der Waals surface area (Å²) in [6.07, 6.45) is 0. The fourth-order valence-corrected chi connectivity index (χ4v) is 4.54. The Kier molecular flexibility index (Phi) is 4.30. The lowest BCUT2D eigenvalue weighted by Crippen LogP contribution is -2.13. The zero-order valence-electron chi connectivity index (χ0n) is 13.6. The first kappa shape index (κ1) is 16.9. The lowest BCUT2D eigenvalue weighted by Gasteiger charge is -2.12. The summed E-state index contributed by atoms with van der Waals surface area (Å²) < 4.78 is 29.0. The van der Waals surface area contributed by atoms with Gasteiger partial charge in [-0.05, 0) is 36.4 Å². The second-order valence-electron chi connectivity index (χ2n) is 5.88. The number of H-pyrrole nitrogens is 1. The molecule has 130 valence electrons. The Balaban J connectivity index is 1.76. The van der Waals surface area contributed by atoms with Crippen LogP contribution in [-0.4, -0.2) is 13.4 Å². The number of aromatic amines is 1. The van der Waals surface area contributed by atoms with Crippen molar-refractivity contribution >= 4 is 42.5 Å².